The molecule has 2 heterocycles. The molecule has 0 aliphatic rings. The summed E-state index contributed by atoms with van der Waals surface area (Å²) in [6.07, 6.45) is 3.32. The lowest BCUT2D eigenvalue weighted by molar-refractivity contribution is 0.384. The van der Waals surface area contributed by atoms with Crippen LogP contribution in [-0.2, 0) is 0 Å². The van der Waals surface area contributed by atoms with Crippen LogP contribution in [0.5, 0.6) is 5.88 Å². The Hall–Kier alpha value is -1.46. The number of nitrogens with one attached hydrogen (secondary N) is 1. The Labute approximate surface area is 105 Å². The third-order valence-corrected chi connectivity index (χ3v) is 3.56. The van der Waals surface area contributed by atoms with Gasteiger partial charge in [0.1, 0.15) is 5.69 Å². The first-order chi connectivity index (χ1) is 8.26. The van der Waals surface area contributed by atoms with Crippen LogP contribution in [0.1, 0.15) is 21.5 Å². The van der Waals surface area contributed by atoms with Crippen LogP contribution in [0.4, 0.5) is 0 Å². The van der Waals surface area contributed by atoms with E-state index in [2.05, 4.69) is 34.3 Å². The summed E-state index contributed by atoms with van der Waals surface area (Å²) in [5.74, 6) is 0.568. The van der Waals surface area contributed by atoms with Crippen LogP contribution in [0.25, 0.3) is 0 Å². The fourth-order valence-corrected chi connectivity index (χ4v) is 2.70. The van der Waals surface area contributed by atoms with Crippen molar-refractivity contribution in [1.29, 1.82) is 0 Å². The highest BCUT2D eigenvalue weighted by atomic mass is 32.1. The van der Waals surface area contributed by atoms with Crippen LogP contribution in [0.2, 0.25) is 0 Å². The minimum Gasteiger partial charge on any atom is -0.480 e. The summed E-state index contributed by atoms with van der Waals surface area (Å²) in [5, 5.41) is 3.25. The Morgan fingerprint density at radius 3 is 2.65 bits per heavy atom. The van der Waals surface area contributed by atoms with Crippen LogP contribution in [0.15, 0.2) is 24.5 Å². The zero-order valence-electron chi connectivity index (χ0n) is 10.1. The number of methoxy groups -OCH3 is 1. The van der Waals surface area contributed by atoms with Crippen LogP contribution in [-0.4, -0.2) is 24.1 Å². The fourth-order valence-electron chi connectivity index (χ4n) is 1.71. The molecule has 90 valence electrons. The highest BCUT2D eigenvalue weighted by Gasteiger charge is 2.20. The molecule has 2 rings (SSSR count). The average molecular weight is 249 g/mol. The van der Waals surface area contributed by atoms with E-state index in [4.69, 9.17) is 4.74 Å². The molecule has 1 unspecified atom stereocenters. The van der Waals surface area contributed by atoms with Crippen molar-refractivity contribution in [2.75, 3.05) is 14.2 Å². The minimum atomic E-state index is 0.0253. The second kappa shape index (κ2) is 5.25. The third kappa shape index (κ3) is 2.45. The summed E-state index contributed by atoms with van der Waals surface area (Å²) in [6, 6.07) is 4.24. The zero-order chi connectivity index (χ0) is 12.3. The van der Waals surface area contributed by atoms with Gasteiger partial charge in [0.05, 0.1) is 13.2 Å². The molecule has 0 fully saturated rings. The first-order valence-corrected chi connectivity index (χ1v) is 6.16. The molecule has 0 amide bonds. The van der Waals surface area contributed by atoms with Gasteiger partial charge in [-0.3, -0.25) is 4.98 Å². The molecule has 0 aliphatic heterocycles. The molecule has 0 saturated heterocycles. The van der Waals surface area contributed by atoms with Gasteiger partial charge in [-0.05, 0) is 26.1 Å². The molecule has 0 saturated carbocycles. The van der Waals surface area contributed by atoms with E-state index in [0.717, 1.165) is 5.69 Å². The fraction of sp³-hybridized carbons (Fsp3) is 0.333. The summed E-state index contributed by atoms with van der Waals surface area (Å²) in [6.45, 7) is 2.09. The summed E-state index contributed by atoms with van der Waals surface area (Å²) < 4.78 is 5.25. The van der Waals surface area contributed by atoms with Gasteiger partial charge in [-0.15, -0.1) is 11.3 Å². The number of rotatable bonds is 4. The first-order valence-electron chi connectivity index (χ1n) is 5.34. The van der Waals surface area contributed by atoms with Gasteiger partial charge in [0.15, 0.2) is 0 Å². The molecule has 0 bridgehead atoms. The van der Waals surface area contributed by atoms with E-state index in [1.807, 2.05) is 7.05 Å². The van der Waals surface area contributed by atoms with Crippen LogP contribution < -0.4 is 10.1 Å². The molecule has 0 aromatic carbocycles. The molecular weight excluding hydrogens is 234 g/mol. The highest BCUT2D eigenvalue weighted by molar-refractivity contribution is 7.12. The molecule has 2 aromatic rings. The first kappa shape index (κ1) is 12.0. The van der Waals surface area contributed by atoms with Crippen molar-refractivity contribution in [1.82, 2.24) is 15.3 Å². The largest absolute Gasteiger partial charge is 0.480 e. The predicted molar refractivity (Wildman–Crippen MR) is 68.5 cm³/mol. The summed E-state index contributed by atoms with van der Waals surface area (Å²) in [5.41, 5.74) is 0.819. The van der Waals surface area contributed by atoms with Gasteiger partial charge in [0.2, 0.25) is 5.88 Å². The second-order valence-electron chi connectivity index (χ2n) is 3.62. The Bertz CT molecular complexity index is 498. The Kier molecular flexibility index (Phi) is 3.71. The topological polar surface area (TPSA) is 47.0 Å². The van der Waals surface area contributed by atoms with Crippen LogP contribution >= 0.6 is 11.3 Å². The summed E-state index contributed by atoms with van der Waals surface area (Å²) in [4.78, 5) is 11.0. The van der Waals surface area contributed by atoms with Gasteiger partial charge >= 0.3 is 0 Å². The van der Waals surface area contributed by atoms with E-state index in [9.17, 15) is 0 Å². The van der Waals surface area contributed by atoms with Gasteiger partial charge in [0, 0.05) is 22.1 Å². The number of aromatic nitrogens is 2. The number of hydrogen-bond acceptors (Lipinski definition) is 5. The minimum absolute atomic E-state index is 0.0253. The number of nitrogens with zero attached hydrogens (tertiary/aromatic N) is 2. The van der Waals surface area contributed by atoms with Crippen molar-refractivity contribution in [3.8, 4) is 5.88 Å². The SMILES string of the molecule is CNC(c1ccc(C)s1)c1nccnc1OC. The average Bonchev–Trinajstić information content (AvgIpc) is 2.77. The molecule has 0 spiro atoms. The van der Waals surface area contributed by atoms with Crippen molar-refractivity contribution in [2.24, 2.45) is 0 Å². The van der Waals surface area contributed by atoms with E-state index < -0.39 is 0 Å². The van der Waals surface area contributed by atoms with Gasteiger partial charge in [-0.2, -0.15) is 0 Å². The number of thiophene rings is 1. The van der Waals surface area contributed by atoms with Crippen LogP contribution in [0.3, 0.4) is 0 Å². The molecule has 5 heteroatoms. The van der Waals surface area contributed by atoms with Crippen molar-refractivity contribution >= 4 is 11.3 Å². The van der Waals surface area contributed by atoms with E-state index in [1.54, 1.807) is 30.8 Å². The van der Waals surface area contributed by atoms with E-state index in [-0.39, 0.29) is 6.04 Å². The summed E-state index contributed by atoms with van der Waals surface area (Å²) >= 11 is 1.75. The molecular formula is C12H15N3OS. The highest BCUT2D eigenvalue weighted by Crippen LogP contribution is 2.30. The smallest absolute Gasteiger partial charge is 0.237 e. The number of ether oxygens (including phenoxy) is 1. The molecule has 17 heavy (non-hydrogen) atoms. The summed E-state index contributed by atoms with van der Waals surface area (Å²) in [7, 11) is 3.52. The maximum atomic E-state index is 5.25. The predicted octanol–water partition coefficient (Wildman–Crippen LogP) is 2.16. The van der Waals surface area contributed by atoms with Crippen molar-refractivity contribution < 1.29 is 4.74 Å². The lowest BCUT2D eigenvalue weighted by Gasteiger charge is -2.15. The van der Waals surface area contributed by atoms with Crippen LogP contribution in [0, 0.1) is 6.92 Å². The molecule has 2 aromatic heterocycles. The standard InChI is InChI=1S/C12H15N3OS/c1-8-4-5-9(17-8)10(13-2)11-12(16-3)15-7-6-14-11/h4-7,10,13H,1-3H3. The molecule has 1 N–H and O–H groups in total. The Morgan fingerprint density at radius 1 is 1.29 bits per heavy atom. The zero-order valence-corrected chi connectivity index (χ0v) is 10.9. The van der Waals surface area contributed by atoms with Gasteiger partial charge < -0.3 is 10.1 Å². The molecule has 4 nitrogen and oxygen atoms in total. The van der Waals surface area contributed by atoms with E-state index in [1.165, 1.54) is 9.75 Å². The van der Waals surface area contributed by atoms with Gasteiger partial charge in [-0.1, -0.05) is 0 Å². The van der Waals surface area contributed by atoms with Gasteiger partial charge in [-0.25, -0.2) is 4.98 Å². The normalized spacial score (nSPS) is 12.4. The van der Waals surface area contributed by atoms with Crippen molar-refractivity contribution in [3.05, 3.63) is 40.0 Å². The van der Waals surface area contributed by atoms with Crippen molar-refractivity contribution in [2.45, 2.75) is 13.0 Å². The molecule has 0 aliphatic carbocycles. The van der Waals surface area contributed by atoms with Gasteiger partial charge in [0.25, 0.3) is 0 Å². The van der Waals surface area contributed by atoms with Crippen molar-refractivity contribution in [3.63, 3.8) is 0 Å². The maximum Gasteiger partial charge on any atom is 0.237 e. The molecule has 1 atom stereocenters. The Balaban J connectivity index is 2.41. The molecule has 0 radical (unpaired) electrons. The van der Waals surface area contributed by atoms with E-state index >= 15 is 0 Å². The number of hydrogen-bond donors (Lipinski definition) is 1. The van der Waals surface area contributed by atoms with E-state index in [0.29, 0.717) is 5.88 Å². The maximum absolute atomic E-state index is 5.25. The quantitative estimate of drug-likeness (QED) is 0.902. The second-order valence-corrected chi connectivity index (χ2v) is 4.94. The monoisotopic (exact) mass is 249 g/mol. The lowest BCUT2D eigenvalue weighted by atomic mass is 10.1. The Morgan fingerprint density at radius 2 is 2.06 bits per heavy atom. The third-order valence-electron chi connectivity index (χ3n) is 2.49. The number of aryl methyl sites for hydroxylation is 1. The lowest BCUT2D eigenvalue weighted by Crippen LogP contribution is -2.19.